The van der Waals surface area contributed by atoms with E-state index in [4.69, 9.17) is 10.5 Å². The largest absolute Gasteiger partial charge is 0.450 e. The van der Waals surface area contributed by atoms with Crippen molar-refractivity contribution in [3.8, 4) is 11.8 Å². The summed E-state index contributed by atoms with van der Waals surface area (Å²) < 4.78 is 43.0. The number of amides is 1. The van der Waals surface area contributed by atoms with Crippen LogP contribution in [0.5, 0.6) is 0 Å². The van der Waals surface area contributed by atoms with E-state index in [1.807, 2.05) is 0 Å². The highest BCUT2D eigenvalue weighted by atomic mass is 19.4. The van der Waals surface area contributed by atoms with Crippen molar-refractivity contribution in [2.45, 2.75) is 32.0 Å². The number of piperidine rings is 1. The van der Waals surface area contributed by atoms with E-state index < -0.39 is 11.7 Å². The second-order valence-electron chi connectivity index (χ2n) is 6.19. The fourth-order valence-corrected chi connectivity index (χ4v) is 2.72. The third kappa shape index (κ3) is 6.68. The fourth-order valence-electron chi connectivity index (χ4n) is 2.72. The van der Waals surface area contributed by atoms with E-state index in [-0.39, 0.29) is 30.2 Å². The minimum absolute atomic E-state index is 0.0662. The van der Waals surface area contributed by atoms with E-state index >= 15 is 0 Å². The predicted molar refractivity (Wildman–Crippen MR) is 99.6 cm³/mol. The molecule has 9 heteroatoms. The monoisotopic (exact) mass is 396 g/mol. The molecule has 1 saturated heterocycles. The Labute approximate surface area is 161 Å². The summed E-state index contributed by atoms with van der Waals surface area (Å²) in [6, 6.07) is 4.90. The van der Waals surface area contributed by atoms with E-state index in [0.717, 1.165) is 12.1 Å². The van der Waals surface area contributed by atoms with Crippen molar-refractivity contribution in [1.29, 1.82) is 0 Å². The number of benzene rings is 1. The third-order valence-electron chi connectivity index (χ3n) is 4.12. The van der Waals surface area contributed by atoms with Crippen LogP contribution in [0.1, 0.15) is 30.9 Å². The summed E-state index contributed by atoms with van der Waals surface area (Å²) in [5, 5.41) is 3.07. The van der Waals surface area contributed by atoms with Crippen LogP contribution >= 0.6 is 0 Å². The molecule has 0 aromatic heterocycles. The molecule has 0 bridgehead atoms. The van der Waals surface area contributed by atoms with Crippen LogP contribution in [-0.4, -0.2) is 49.2 Å². The van der Waals surface area contributed by atoms with E-state index in [1.165, 1.54) is 12.1 Å². The van der Waals surface area contributed by atoms with Crippen LogP contribution in [-0.2, 0) is 10.9 Å². The van der Waals surface area contributed by atoms with Crippen LogP contribution in [0.25, 0.3) is 0 Å². The number of rotatable bonds is 3. The molecule has 1 aromatic carbocycles. The normalized spacial score (nSPS) is 15.6. The van der Waals surface area contributed by atoms with Crippen LogP contribution in [0.15, 0.2) is 29.3 Å². The Balaban J connectivity index is 1.80. The van der Waals surface area contributed by atoms with Crippen molar-refractivity contribution in [2.24, 2.45) is 10.7 Å². The smallest absolute Gasteiger partial charge is 0.416 e. The van der Waals surface area contributed by atoms with Gasteiger partial charge in [0.2, 0.25) is 0 Å². The number of carbonyl (C=O) groups is 1. The zero-order chi connectivity index (χ0) is 20.6. The topological polar surface area (TPSA) is 80.0 Å². The van der Waals surface area contributed by atoms with Gasteiger partial charge in [0.05, 0.1) is 12.2 Å². The number of aliphatic imine (C=N–C) groups is 1. The molecule has 1 aliphatic rings. The first-order chi connectivity index (χ1) is 13.3. The Morgan fingerprint density at radius 3 is 2.75 bits per heavy atom. The molecule has 0 aliphatic carbocycles. The van der Waals surface area contributed by atoms with Crippen molar-refractivity contribution in [2.75, 3.05) is 26.2 Å². The number of nitrogens with one attached hydrogen (secondary N) is 1. The van der Waals surface area contributed by atoms with E-state index in [9.17, 15) is 18.0 Å². The maximum absolute atomic E-state index is 12.7. The van der Waals surface area contributed by atoms with Gasteiger partial charge in [-0.05, 0) is 38.0 Å². The van der Waals surface area contributed by atoms with E-state index in [2.05, 4.69) is 22.2 Å². The summed E-state index contributed by atoms with van der Waals surface area (Å²) in [5.41, 5.74) is 5.35. The van der Waals surface area contributed by atoms with Gasteiger partial charge < -0.3 is 20.7 Å². The molecule has 0 radical (unpaired) electrons. The maximum atomic E-state index is 12.7. The number of hydrogen-bond donors (Lipinski definition) is 2. The van der Waals surface area contributed by atoms with Crippen LogP contribution < -0.4 is 11.1 Å². The molecular weight excluding hydrogens is 373 g/mol. The van der Waals surface area contributed by atoms with Crippen LogP contribution in [0.2, 0.25) is 0 Å². The molecule has 1 amide bonds. The minimum atomic E-state index is -4.40. The summed E-state index contributed by atoms with van der Waals surface area (Å²) >= 11 is 0. The zero-order valence-electron chi connectivity index (χ0n) is 15.6. The quantitative estimate of drug-likeness (QED) is 0.468. The Morgan fingerprint density at radius 2 is 2.11 bits per heavy atom. The average Bonchev–Trinajstić information content (AvgIpc) is 2.65. The summed E-state index contributed by atoms with van der Waals surface area (Å²) in [6.45, 7) is 3.31. The number of likely N-dealkylation sites (tertiary alicyclic amines) is 1. The van der Waals surface area contributed by atoms with Gasteiger partial charge in [-0.15, -0.1) is 0 Å². The van der Waals surface area contributed by atoms with E-state index in [0.29, 0.717) is 32.5 Å². The summed E-state index contributed by atoms with van der Waals surface area (Å²) in [5.74, 6) is 5.55. The van der Waals surface area contributed by atoms with Gasteiger partial charge in [-0.1, -0.05) is 17.9 Å². The lowest BCUT2D eigenvalue weighted by Crippen LogP contribution is -2.48. The number of nitrogens with two attached hydrogens (primary N) is 1. The molecule has 152 valence electrons. The van der Waals surface area contributed by atoms with Gasteiger partial charge in [0.25, 0.3) is 0 Å². The Bertz CT molecular complexity index is 760. The number of halogens is 3. The first kappa shape index (κ1) is 21.4. The van der Waals surface area contributed by atoms with Gasteiger partial charge >= 0.3 is 12.3 Å². The molecule has 3 N–H and O–H groups in total. The second kappa shape index (κ2) is 9.88. The molecule has 1 aliphatic heterocycles. The molecule has 28 heavy (non-hydrogen) atoms. The van der Waals surface area contributed by atoms with Crippen LogP contribution in [0.3, 0.4) is 0 Å². The Kier molecular flexibility index (Phi) is 7.55. The predicted octanol–water partition coefficient (Wildman–Crippen LogP) is 2.58. The van der Waals surface area contributed by atoms with Crippen molar-refractivity contribution >= 4 is 12.1 Å². The number of nitrogens with zero attached hydrogens (tertiary/aromatic N) is 2. The van der Waals surface area contributed by atoms with Crippen molar-refractivity contribution < 1.29 is 22.7 Å². The number of guanidine groups is 1. The molecule has 1 heterocycles. The first-order valence-corrected chi connectivity index (χ1v) is 8.94. The number of alkyl halides is 3. The molecule has 6 nitrogen and oxygen atoms in total. The molecule has 0 unspecified atom stereocenters. The molecule has 1 aromatic rings. The highest BCUT2D eigenvalue weighted by molar-refractivity contribution is 5.78. The molecule has 2 rings (SSSR count). The standard InChI is InChI=1S/C19H23F3N4O2/c1-2-28-18(27)26-11-8-16(9-12-26)25-17(23)24-10-4-6-14-5-3-7-15(13-14)19(20,21)22/h3,5,7,13,16H,2,8-12H2,1H3,(H3,23,24,25). The van der Waals surface area contributed by atoms with Gasteiger partial charge in [0, 0.05) is 24.7 Å². The number of hydrogen-bond acceptors (Lipinski definition) is 3. The van der Waals surface area contributed by atoms with Crippen LogP contribution in [0.4, 0.5) is 18.0 Å². The minimum Gasteiger partial charge on any atom is -0.450 e. The molecule has 0 atom stereocenters. The summed E-state index contributed by atoms with van der Waals surface area (Å²) in [6.07, 6.45) is -3.28. The average molecular weight is 396 g/mol. The van der Waals surface area contributed by atoms with E-state index in [1.54, 1.807) is 11.8 Å². The van der Waals surface area contributed by atoms with Crippen molar-refractivity contribution in [3.63, 3.8) is 0 Å². The second-order valence-corrected chi connectivity index (χ2v) is 6.19. The van der Waals surface area contributed by atoms with Gasteiger partial charge in [-0.25, -0.2) is 9.79 Å². The molecule has 0 spiro atoms. The lowest BCUT2D eigenvalue weighted by molar-refractivity contribution is -0.137. The van der Waals surface area contributed by atoms with Crippen molar-refractivity contribution in [1.82, 2.24) is 10.2 Å². The maximum Gasteiger partial charge on any atom is 0.416 e. The molecular formula is C19H23F3N4O2. The lowest BCUT2D eigenvalue weighted by atomic mass is 10.1. The third-order valence-corrected chi connectivity index (χ3v) is 4.12. The molecule has 0 saturated carbocycles. The highest BCUT2D eigenvalue weighted by Crippen LogP contribution is 2.29. The van der Waals surface area contributed by atoms with Gasteiger partial charge in [0.1, 0.15) is 6.54 Å². The van der Waals surface area contributed by atoms with Crippen LogP contribution in [0, 0.1) is 11.8 Å². The summed E-state index contributed by atoms with van der Waals surface area (Å²) in [7, 11) is 0. The zero-order valence-corrected chi connectivity index (χ0v) is 15.6. The first-order valence-electron chi connectivity index (χ1n) is 8.94. The Hall–Kier alpha value is -2.89. The fraction of sp³-hybridized carbons (Fsp3) is 0.474. The van der Waals surface area contributed by atoms with Crippen molar-refractivity contribution in [3.05, 3.63) is 35.4 Å². The Morgan fingerprint density at radius 1 is 1.39 bits per heavy atom. The number of ether oxygens (including phenoxy) is 1. The van der Waals surface area contributed by atoms with Gasteiger partial charge in [-0.3, -0.25) is 0 Å². The SMILES string of the molecule is CCOC(=O)N1CCC(NC(N)=NCC#Cc2cccc(C(F)(F)F)c2)CC1. The number of carbonyl (C=O) groups excluding carboxylic acids is 1. The lowest BCUT2D eigenvalue weighted by Gasteiger charge is -2.31. The summed E-state index contributed by atoms with van der Waals surface area (Å²) in [4.78, 5) is 17.4. The van der Waals surface area contributed by atoms with Gasteiger partial charge in [-0.2, -0.15) is 13.2 Å². The molecule has 1 fully saturated rings. The highest BCUT2D eigenvalue weighted by Gasteiger charge is 2.30. The van der Waals surface area contributed by atoms with Gasteiger partial charge in [0.15, 0.2) is 5.96 Å².